The lowest BCUT2D eigenvalue weighted by molar-refractivity contribution is -0.143. The summed E-state index contributed by atoms with van der Waals surface area (Å²) in [5.41, 5.74) is 0. The molecule has 0 fully saturated rings. The molecule has 6 nitrogen and oxygen atoms in total. The van der Waals surface area contributed by atoms with Crippen LogP contribution in [0.2, 0.25) is 0 Å². The lowest BCUT2D eigenvalue weighted by Gasteiger charge is -2.22. The summed E-state index contributed by atoms with van der Waals surface area (Å²) in [6, 6.07) is -0.567. The van der Waals surface area contributed by atoms with Crippen LogP contribution in [0.15, 0.2) is 12.2 Å². The summed E-state index contributed by atoms with van der Waals surface area (Å²) < 4.78 is 5.45. The van der Waals surface area contributed by atoms with Crippen molar-refractivity contribution in [2.75, 3.05) is 13.2 Å². The summed E-state index contributed by atoms with van der Waals surface area (Å²) in [6.45, 7) is 4.90. The van der Waals surface area contributed by atoms with Gasteiger partial charge in [0.1, 0.15) is 0 Å². The molecule has 0 aliphatic heterocycles. The third kappa shape index (κ3) is 52.0. The third-order valence-corrected chi connectivity index (χ3v) is 14.1. The van der Waals surface area contributed by atoms with E-state index in [0.29, 0.717) is 25.9 Å². The quantitative estimate of drug-likeness (QED) is 0.0321. The molecule has 0 radical (unpaired) electrons. The van der Waals surface area contributed by atoms with Crippen LogP contribution in [0.25, 0.3) is 0 Å². The fourth-order valence-corrected chi connectivity index (χ4v) is 9.46. The molecule has 6 heteroatoms. The van der Waals surface area contributed by atoms with Crippen LogP contribution in [-0.4, -0.2) is 47.4 Å². The number of carbonyl (C=O) groups is 2. The van der Waals surface area contributed by atoms with Crippen molar-refractivity contribution in [3.8, 4) is 0 Å². The van der Waals surface area contributed by atoms with Gasteiger partial charge in [-0.15, -0.1) is 0 Å². The first kappa shape index (κ1) is 64.6. The Hall–Kier alpha value is -1.40. The van der Waals surface area contributed by atoms with E-state index in [-0.39, 0.29) is 18.5 Å². The number of carbonyl (C=O) groups excluding carboxylic acids is 2. The number of hydrogen-bond acceptors (Lipinski definition) is 5. The molecule has 0 heterocycles. The molecule has 0 spiro atoms. The van der Waals surface area contributed by atoms with E-state index in [2.05, 4.69) is 31.3 Å². The van der Waals surface area contributed by atoms with Crippen molar-refractivity contribution in [1.82, 2.24) is 5.32 Å². The number of aliphatic hydroxyl groups is 2. The lowest BCUT2D eigenvalue weighted by Crippen LogP contribution is -2.45. The van der Waals surface area contributed by atoms with Gasteiger partial charge in [-0.25, -0.2) is 0 Å². The first-order valence-electron chi connectivity index (χ1n) is 29.9. The minimum atomic E-state index is -0.686. The maximum absolute atomic E-state index is 12.5. The molecule has 0 saturated carbocycles. The van der Waals surface area contributed by atoms with Crippen LogP contribution in [-0.2, 0) is 14.3 Å². The summed E-state index contributed by atoms with van der Waals surface area (Å²) in [5, 5.41) is 23.3. The van der Waals surface area contributed by atoms with E-state index in [9.17, 15) is 19.8 Å². The molecule has 0 aromatic heterocycles. The van der Waals surface area contributed by atoms with Crippen LogP contribution in [0, 0.1) is 0 Å². The zero-order chi connectivity index (χ0) is 47.9. The number of hydrogen-bond donors (Lipinski definition) is 3. The van der Waals surface area contributed by atoms with E-state index in [0.717, 1.165) is 77.0 Å². The Kier molecular flexibility index (Phi) is 55.0. The zero-order valence-electron chi connectivity index (χ0n) is 44.7. The molecule has 0 aliphatic rings. The average molecular weight is 933 g/mol. The Labute approximate surface area is 412 Å². The Morgan fingerprint density at radius 3 is 1.08 bits per heavy atom. The summed E-state index contributed by atoms with van der Waals surface area (Å²) >= 11 is 0. The number of ether oxygens (including phenoxy) is 1. The Balaban J connectivity index is 3.48. The minimum absolute atomic E-state index is 0.0312. The highest BCUT2D eigenvalue weighted by atomic mass is 16.5. The molecule has 0 aromatic rings. The molecule has 2 atom stereocenters. The van der Waals surface area contributed by atoms with E-state index in [4.69, 9.17) is 4.74 Å². The second kappa shape index (κ2) is 56.2. The molecule has 0 saturated heterocycles. The van der Waals surface area contributed by atoms with Gasteiger partial charge >= 0.3 is 5.97 Å². The predicted molar refractivity (Wildman–Crippen MR) is 287 cm³/mol. The van der Waals surface area contributed by atoms with Gasteiger partial charge in [0, 0.05) is 12.8 Å². The molecule has 392 valence electrons. The molecule has 1 amide bonds. The molecule has 0 aromatic carbocycles. The normalized spacial score (nSPS) is 12.6. The second-order valence-electron chi connectivity index (χ2n) is 20.7. The molecule has 0 aliphatic carbocycles. The van der Waals surface area contributed by atoms with E-state index >= 15 is 0 Å². The monoisotopic (exact) mass is 932 g/mol. The van der Waals surface area contributed by atoms with Crippen molar-refractivity contribution in [1.29, 1.82) is 0 Å². The van der Waals surface area contributed by atoms with Crippen molar-refractivity contribution >= 4 is 11.9 Å². The summed E-state index contributed by atoms with van der Waals surface area (Å²) in [4.78, 5) is 24.6. The number of nitrogens with one attached hydrogen (secondary N) is 1. The highest BCUT2D eigenvalue weighted by Crippen LogP contribution is 2.18. The van der Waals surface area contributed by atoms with Gasteiger partial charge in [-0.1, -0.05) is 283 Å². The minimum Gasteiger partial charge on any atom is -0.466 e. The topological polar surface area (TPSA) is 95.9 Å². The second-order valence-corrected chi connectivity index (χ2v) is 20.7. The Morgan fingerprint density at radius 2 is 0.712 bits per heavy atom. The smallest absolute Gasteiger partial charge is 0.305 e. The van der Waals surface area contributed by atoms with Crippen molar-refractivity contribution < 1.29 is 24.5 Å². The summed E-state index contributed by atoms with van der Waals surface area (Å²) in [6.07, 6.45) is 66.4. The third-order valence-electron chi connectivity index (χ3n) is 14.1. The first-order chi connectivity index (χ1) is 32.5. The fraction of sp³-hybridized carbons (Fsp3) is 0.933. The number of unbranched alkanes of at least 4 members (excludes halogenated alkanes) is 43. The number of allylic oxidation sites excluding steroid dienone is 2. The van der Waals surface area contributed by atoms with Crippen LogP contribution in [0.3, 0.4) is 0 Å². The van der Waals surface area contributed by atoms with Crippen LogP contribution < -0.4 is 5.32 Å². The van der Waals surface area contributed by atoms with E-state index < -0.39 is 12.1 Å². The van der Waals surface area contributed by atoms with Gasteiger partial charge in [0.05, 0.1) is 25.4 Å². The molecule has 2 unspecified atom stereocenters. The van der Waals surface area contributed by atoms with Gasteiger partial charge in [-0.2, -0.15) is 0 Å². The first-order valence-corrected chi connectivity index (χ1v) is 29.9. The summed E-state index contributed by atoms with van der Waals surface area (Å²) in [5.74, 6) is -0.0977. The Morgan fingerprint density at radius 1 is 0.409 bits per heavy atom. The number of aliphatic hydroxyl groups excluding tert-OH is 2. The molecular formula is C60H117NO5. The largest absolute Gasteiger partial charge is 0.466 e. The number of rotatable bonds is 56. The van der Waals surface area contributed by atoms with Gasteiger partial charge in [-0.05, 0) is 51.4 Å². The van der Waals surface area contributed by atoms with Gasteiger partial charge in [-0.3, -0.25) is 9.59 Å². The molecule has 0 bridgehead atoms. The van der Waals surface area contributed by atoms with Crippen molar-refractivity contribution in [2.45, 2.75) is 347 Å². The maximum Gasteiger partial charge on any atom is 0.305 e. The van der Waals surface area contributed by atoms with Crippen molar-refractivity contribution in [3.63, 3.8) is 0 Å². The van der Waals surface area contributed by atoms with E-state index in [1.165, 1.54) is 225 Å². The highest BCUT2D eigenvalue weighted by molar-refractivity contribution is 5.76. The molecule has 66 heavy (non-hydrogen) atoms. The fourth-order valence-electron chi connectivity index (χ4n) is 9.46. The van der Waals surface area contributed by atoms with Gasteiger partial charge in [0.25, 0.3) is 0 Å². The van der Waals surface area contributed by atoms with Crippen LogP contribution in [0.4, 0.5) is 0 Å². The zero-order valence-corrected chi connectivity index (χ0v) is 44.7. The highest BCUT2D eigenvalue weighted by Gasteiger charge is 2.20. The van der Waals surface area contributed by atoms with Crippen molar-refractivity contribution in [2.24, 2.45) is 0 Å². The van der Waals surface area contributed by atoms with Crippen LogP contribution >= 0.6 is 0 Å². The molecule has 3 N–H and O–H groups in total. The van der Waals surface area contributed by atoms with E-state index in [1.54, 1.807) is 0 Å². The lowest BCUT2D eigenvalue weighted by atomic mass is 10.0. The van der Waals surface area contributed by atoms with Gasteiger partial charge in [0.2, 0.25) is 5.91 Å². The standard InChI is InChI=1S/C60H117NO5/c1-3-5-7-9-11-13-15-17-19-21-22-23-24-25-27-28-30-32-36-40-44-48-52-58(63)57(56-62)61-59(64)53-49-45-41-37-34-35-39-43-47-51-55-66-60(65)54-50-46-42-38-33-31-29-26-20-18-16-14-12-10-8-6-4-2/h35,39,57-58,62-63H,3-34,36-38,40-56H2,1-2H3,(H,61,64)/b39-35-. The van der Waals surface area contributed by atoms with Gasteiger partial charge < -0.3 is 20.3 Å². The van der Waals surface area contributed by atoms with E-state index in [1.807, 2.05) is 0 Å². The van der Waals surface area contributed by atoms with Crippen molar-refractivity contribution in [3.05, 3.63) is 12.2 Å². The maximum atomic E-state index is 12.5. The number of esters is 1. The Bertz CT molecular complexity index is 986. The molecular weight excluding hydrogens is 815 g/mol. The molecule has 0 rings (SSSR count). The number of amides is 1. The summed E-state index contributed by atoms with van der Waals surface area (Å²) in [7, 11) is 0. The van der Waals surface area contributed by atoms with Crippen LogP contribution in [0.1, 0.15) is 335 Å². The van der Waals surface area contributed by atoms with Gasteiger partial charge in [0.15, 0.2) is 0 Å². The van der Waals surface area contributed by atoms with Crippen LogP contribution in [0.5, 0.6) is 0 Å². The SMILES string of the molecule is CCCCCCCCCCCCCCCCCCCCCCCCC(O)C(CO)NC(=O)CCCCCC/C=C\CCCCOC(=O)CCCCCCCCCCCCCCCCCCC. The predicted octanol–water partition coefficient (Wildman–Crippen LogP) is 18.5. The average Bonchev–Trinajstić information content (AvgIpc) is 3.32.